The fraction of sp³-hybridized carbons (Fsp3) is 0.600. The van der Waals surface area contributed by atoms with Gasteiger partial charge < -0.3 is 10.1 Å². The van der Waals surface area contributed by atoms with Crippen molar-refractivity contribution in [3.05, 3.63) is 35.1 Å². The van der Waals surface area contributed by atoms with E-state index in [9.17, 15) is 17.6 Å². The van der Waals surface area contributed by atoms with E-state index in [0.29, 0.717) is 18.2 Å². The smallest absolute Gasteiger partial charge is 0.373 e. The predicted octanol–water partition coefficient (Wildman–Crippen LogP) is 3.67. The molecule has 1 heterocycles. The minimum absolute atomic E-state index is 0.136. The molecule has 0 amide bonds. The molecule has 1 saturated carbocycles. The largest absolute Gasteiger partial charge is 0.419 e. The van der Waals surface area contributed by atoms with Crippen molar-refractivity contribution in [2.45, 2.75) is 37.6 Å². The minimum atomic E-state index is -4.68. The van der Waals surface area contributed by atoms with Gasteiger partial charge in [-0.05, 0) is 37.0 Å². The average molecular weight is 303 g/mol. The summed E-state index contributed by atoms with van der Waals surface area (Å²) in [7, 11) is 0. The summed E-state index contributed by atoms with van der Waals surface area (Å²) in [5.41, 5.74) is -0.812. The van der Waals surface area contributed by atoms with Gasteiger partial charge in [-0.15, -0.1) is 0 Å². The van der Waals surface area contributed by atoms with Crippen LogP contribution in [0.1, 0.15) is 36.5 Å². The van der Waals surface area contributed by atoms with Crippen LogP contribution in [0.4, 0.5) is 17.6 Å². The first-order chi connectivity index (χ1) is 9.95. The van der Waals surface area contributed by atoms with E-state index in [1.807, 2.05) is 0 Å². The highest BCUT2D eigenvalue weighted by atomic mass is 19.4. The Morgan fingerprint density at radius 3 is 2.62 bits per heavy atom. The van der Waals surface area contributed by atoms with E-state index in [4.69, 9.17) is 4.74 Å². The molecule has 21 heavy (non-hydrogen) atoms. The lowest BCUT2D eigenvalue weighted by Gasteiger charge is -2.20. The topological polar surface area (TPSA) is 21.3 Å². The number of ether oxygens (including phenoxy) is 1. The highest BCUT2D eigenvalue weighted by Crippen LogP contribution is 2.38. The number of rotatable bonds is 4. The van der Waals surface area contributed by atoms with Crippen LogP contribution in [0.15, 0.2) is 18.2 Å². The first-order valence-corrected chi connectivity index (χ1v) is 7.17. The highest BCUT2D eigenvalue weighted by Gasteiger charge is 2.37. The zero-order valence-electron chi connectivity index (χ0n) is 11.4. The summed E-state index contributed by atoms with van der Waals surface area (Å²) in [5.74, 6) is -1.10. The van der Waals surface area contributed by atoms with E-state index in [2.05, 4.69) is 5.32 Å². The second-order valence-corrected chi connectivity index (χ2v) is 5.76. The van der Waals surface area contributed by atoms with Crippen LogP contribution in [0.5, 0.6) is 0 Å². The Balaban J connectivity index is 1.78. The van der Waals surface area contributed by atoms with E-state index in [-0.39, 0.29) is 5.92 Å². The molecule has 0 aromatic heterocycles. The summed E-state index contributed by atoms with van der Waals surface area (Å²) < 4.78 is 57.3. The first kappa shape index (κ1) is 14.8. The van der Waals surface area contributed by atoms with E-state index in [1.165, 1.54) is 6.07 Å². The Hall–Kier alpha value is -1.14. The standard InChI is InChI=1S/C15H17F4NO/c16-13-4-1-9(7-12(13)15(17,18)19)14-10(5-6-21-14)8-20-11-2-3-11/h1,4,7,10-11,14,20H,2-3,5-6,8H2. The molecule has 1 N–H and O–H groups in total. The van der Waals surface area contributed by atoms with Crippen LogP contribution >= 0.6 is 0 Å². The SMILES string of the molecule is Fc1ccc(C2OCCC2CNC2CC2)cc1C(F)(F)F. The first-order valence-electron chi connectivity index (χ1n) is 7.17. The van der Waals surface area contributed by atoms with Gasteiger partial charge in [0.25, 0.3) is 0 Å². The molecule has 1 aliphatic heterocycles. The van der Waals surface area contributed by atoms with Crippen molar-refractivity contribution in [3.63, 3.8) is 0 Å². The van der Waals surface area contributed by atoms with Gasteiger partial charge in [-0.1, -0.05) is 6.07 Å². The van der Waals surface area contributed by atoms with Gasteiger partial charge in [0.2, 0.25) is 0 Å². The molecule has 2 atom stereocenters. The summed E-state index contributed by atoms with van der Waals surface area (Å²) in [4.78, 5) is 0. The summed E-state index contributed by atoms with van der Waals surface area (Å²) >= 11 is 0. The molecule has 2 aliphatic rings. The molecule has 2 nitrogen and oxygen atoms in total. The molecule has 2 unspecified atom stereocenters. The molecular formula is C15H17F4NO. The summed E-state index contributed by atoms with van der Waals surface area (Å²) in [6.45, 7) is 1.26. The van der Waals surface area contributed by atoms with Gasteiger partial charge in [0.15, 0.2) is 0 Å². The van der Waals surface area contributed by atoms with Gasteiger partial charge in [-0.2, -0.15) is 13.2 Å². The zero-order valence-corrected chi connectivity index (χ0v) is 11.4. The van der Waals surface area contributed by atoms with Crippen molar-refractivity contribution in [1.29, 1.82) is 0 Å². The van der Waals surface area contributed by atoms with Crippen molar-refractivity contribution < 1.29 is 22.3 Å². The lowest BCUT2D eigenvalue weighted by atomic mass is 9.94. The Morgan fingerprint density at radius 2 is 1.95 bits per heavy atom. The van der Waals surface area contributed by atoms with Crippen LogP contribution in [0.2, 0.25) is 0 Å². The fourth-order valence-electron chi connectivity index (χ4n) is 2.75. The maximum atomic E-state index is 13.3. The lowest BCUT2D eigenvalue weighted by molar-refractivity contribution is -0.140. The van der Waals surface area contributed by atoms with Gasteiger partial charge >= 0.3 is 6.18 Å². The van der Waals surface area contributed by atoms with E-state index < -0.39 is 23.7 Å². The van der Waals surface area contributed by atoms with E-state index in [1.54, 1.807) is 0 Å². The summed E-state index contributed by atoms with van der Waals surface area (Å²) in [6, 6.07) is 3.70. The number of hydrogen-bond acceptors (Lipinski definition) is 2. The minimum Gasteiger partial charge on any atom is -0.373 e. The van der Waals surface area contributed by atoms with Crippen LogP contribution in [0.3, 0.4) is 0 Å². The predicted molar refractivity (Wildman–Crippen MR) is 69.2 cm³/mol. The van der Waals surface area contributed by atoms with Crippen LogP contribution in [0.25, 0.3) is 0 Å². The van der Waals surface area contributed by atoms with Crippen molar-refractivity contribution in [2.24, 2.45) is 5.92 Å². The maximum absolute atomic E-state index is 13.3. The molecule has 1 aromatic rings. The number of hydrogen-bond donors (Lipinski definition) is 1. The second-order valence-electron chi connectivity index (χ2n) is 5.76. The van der Waals surface area contributed by atoms with E-state index in [0.717, 1.165) is 37.9 Å². The highest BCUT2D eigenvalue weighted by molar-refractivity contribution is 5.29. The molecule has 2 fully saturated rings. The average Bonchev–Trinajstić information content (AvgIpc) is 3.13. The Bertz CT molecular complexity index is 513. The van der Waals surface area contributed by atoms with Gasteiger partial charge in [-0.3, -0.25) is 0 Å². The van der Waals surface area contributed by atoms with Gasteiger partial charge in [0.1, 0.15) is 5.82 Å². The molecule has 0 radical (unpaired) electrons. The number of benzene rings is 1. The molecule has 0 spiro atoms. The third-order valence-corrected chi connectivity index (χ3v) is 4.08. The maximum Gasteiger partial charge on any atom is 0.419 e. The fourth-order valence-corrected chi connectivity index (χ4v) is 2.75. The number of nitrogens with one attached hydrogen (secondary N) is 1. The van der Waals surface area contributed by atoms with Crippen LogP contribution < -0.4 is 5.32 Å². The molecule has 1 aliphatic carbocycles. The Morgan fingerprint density at radius 1 is 1.19 bits per heavy atom. The molecule has 0 bridgehead atoms. The quantitative estimate of drug-likeness (QED) is 0.857. The van der Waals surface area contributed by atoms with Crippen LogP contribution in [0, 0.1) is 11.7 Å². The zero-order chi connectivity index (χ0) is 15.0. The molecule has 3 rings (SSSR count). The molecule has 1 saturated heterocycles. The van der Waals surface area contributed by atoms with Crippen LogP contribution in [-0.4, -0.2) is 19.2 Å². The van der Waals surface area contributed by atoms with Crippen molar-refractivity contribution in [1.82, 2.24) is 5.32 Å². The molecule has 1 aromatic carbocycles. The summed E-state index contributed by atoms with van der Waals surface area (Å²) in [5, 5.41) is 3.38. The van der Waals surface area contributed by atoms with Crippen molar-refractivity contribution in [3.8, 4) is 0 Å². The van der Waals surface area contributed by atoms with Crippen molar-refractivity contribution >= 4 is 0 Å². The molecular weight excluding hydrogens is 286 g/mol. The molecule has 116 valence electrons. The Kier molecular flexibility index (Phi) is 3.92. The summed E-state index contributed by atoms with van der Waals surface area (Å²) in [6.07, 6.45) is -1.94. The third kappa shape index (κ3) is 3.37. The third-order valence-electron chi connectivity index (χ3n) is 4.08. The Labute approximate surface area is 120 Å². The number of alkyl halides is 3. The normalized spacial score (nSPS) is 26.3. The second kappa shape index (κ2) is 5.57. The van der Waals surface area contributed by atoms with Crippen LogP contribution in [-0.2, 0) is 10.9 Å². The van der Waals surface area contributed by atoms with Gasteiger partial charge in [0, 0.05) is 25.1 Å². The van der Waals surface area contributed by atoms with Crippen molar-refractivity contribution in [2.75, 3.05) is 13.2 Å². The monoisotopic (exact) mass is 303 g/mol. The number of halogens is 4. The van der Waals surface area contributed by atoms with E-state index >= 15 is 0 Å². The molecule has 6 heteroatoms. The lowest BCUT2D eigenvalue weighted by Crippen LogP contribution is -2.26. The van der Waals surface area contributed by atoms with Gasteiger partial charge in [-0.25, -0.2) is 4.39 Å². The van der Waals surface area contributed by atoms with Gasteiger partial charge in [0.05, 0.1) is 11.7 Å².